The van der Waals surface area contributed by atoms with Gasteiger partial charge < -0.3 is 14.5 Å². The Morgan fingerprint density at radius 2 is 1.76 bits per heavy atom. The number of sulfone groups is 1. The number of fused-ring (bicyclic) bond motifs is 1. The van der Waals surface area contributed by atoms with Gasteiger partial charge in [0.1, 0.15) is 17.9 Å². The molecule has 0 aliphatic heterocycles. The third kappa shape index (κ3) is 4.41. The second kappa shape index (κ2) is 7.97. The number of rotatable bonds is 7. The number of aromatic nitrogens is 1. The lowest BCUT2D eigenvalue weighted by atomic mass is 10.2. The number of hydrogen-bond donors (Lipinski definition) is 1. The van der Waals surface area contributed by atoms with Crippen molar-refractivity contribution in [2.24, 2.45) is 0 Å². The third-order valence-electron chi connectivity index (χ3n) is 4.45. The molecule has 0 aliphatic rings. The monoisotopic (exact) mass is 408 g/mol. The van der Waals surface area contributed by atoms with Crippen molar-refractivity contribution in [1.29, 1.82) is 0 Å². The van der Waals surface area contributed by atoms with Gasteiger partial charge in [0.25, 0.3) is 6.01 Å². The Kier molecular flexibility index (Phi) is 5.22. The average molecular weight is 408 g/mol. The fourth-order valence-corrected chi connectivity index (χ4v) is 3.72. The molecule has 4 rings (SSSR count). The second-order valence-corrected chi connectivity index (χ2v) is 8.75. The van der Waals surface area contributed by atoms with Crippen LogP contribution in [-0.4, -0.2) is 19.2 Å². The van der Waals surface area contributed by atoms with Crippen molar-refractivity contribution in [1.82, 2.24) is 4.98 Å². The Bertz CT molecular complexity index is 1220. The number of ether oxygens (including phenoxy) is 1. The van der Waals surface area contributed by atoms with Crippen molar-refractivity contribution in [3.63, 3.8) is 0 Å². The molecular weight excluding hydrogens is 388 g/mol. The smallest absolute Gasteiger partial charge is 0.300 e. The SMILES string of the molecule is CCS(=O)(=O)c1ccc2oc(Nc3ccc(OCc4ccccc4)cc3)nc2c1. The van der Waals surface area contributed by atoms with Gasteiger partial charge in [0, 0.05) is 5.69 Å². The summed E-state index contributed by atoms with van der Waals surface area (Å²) in [4.78, 5) is 4.58. The molecule has 0 saturated carbocycles. The topological polar surface area (TPSA) is 81.4 Å². The van der Waals surface area contributed by atoms with E-state index in [4.69, 9.17) is 9.15 Å². The number of oxazole rings is 1. The summed E-state index contributed by atoms with van der Waals surface area (Å²) >= 11 is 0. The lowest BCUT2D eigenvalue weighted by Gasteiger charge is -2.07. The van der Waals surface area contributed by atoms with Gasteiger partial charge in [-0.1, -0.05) is 37.3 Å². The summed E-state index contributed by atoms with van der Waals surface area (Å²) in [7, 11) is -3.29. The zero-order chi connectivity index (χ0) is 20.3. The van der Waals surface area contributed by atoms with E-state index in [-0.39, 0.29) is 10.6 Å². The number of benzene rings is 3. The first-order valence-corrected chi connectivity index (χ1v) is 10.9. The number of hydrogen-bond acceptors (Lipinski definition) is 6. The van der Waals surface area contributed by atoms with E-state index in [0.29, 0.717) is 23.7 Å². The van der Waals surface area contributed by atoms with E-state index in [9.17, 15) is 8.42 Å². The second-order valence-electron chi connectivity index (χ2n) is 6.48. The maximum Gasteiger partial charge on any atom is 0.300 e. The van der Waals surface area contributed by atoms with Crippen LogP contribution in [0.25, 0.3) is 11.1 Å². The standard InChI is InChI=1S/C22H20N2O4S/c1-2-29(25,26)19-12-13-21-20(14-19)24-22(28-21)23-17-8-10-18(11-9-17)27-15-16-6-4-3-5-7-16/h3-14H,2,15H2,1H3,(H,23,24). The molecule has 0 bridgehead atoms. The van der Waals surface area contributed by atoms with Crippen LogP contribution in [0, 0.1) is 0 Å². The van der Waals surface area contributed by atoms with Gasteiger partial charge in [-0.2, -0.15) is 4.98 Å². The lowest BCUT2D eigenvalue weighted by molar-refractivity contribution is 0.306. The highest BCUT2D eigenvalue weighted by Gasteiger charge is 2.14. The number of anilines is 2. The molecule has 148 valence electrons. The molecule has 6 nitrogen and oxygen atoms in total. The van der Waals surface area contributed by atoms with Gasteiger partial charge in [0.2, 0.25) is 0 Å². The molecule has 29 heavy (non-hydrogen) atoms. The largest absolute Gasteiger partial charge is 0.489 e. The normalized spacial score (nSPS) is 11.5. The molecule has 0 atom stereocenters. The van der Waals surface area contributed by atoms with Gasteiger partial charge in [0.15, 0.2) is 15.4 Å². The predicted molar refractivity (Wildman–Crippen MR) is 112 cm³/mol. The highest BCUT2D eigenvalue weighted by atomic mass is 32.2. The molecule has 0 saturated heterocycles. The highest BCUT2D eigenvalue weighted by molar-refractivity contribution is 7.91. The molecule has 1 aromatic heterocycles. The zero-order valence-electron chi connectivity index (χ0n) is 15.8. The summed E-state index contributed by atoms with van der Waals surface area (Å²) in [5.74, 6) is 0.798. The summed E-state index contributed by atoms with van der Waals surface area (Å²) < 4.78 is 35.5. The number of nitrogens with zero attached hydrogens (tertiary/aromatic N) is 1. The fourth-order valence-electron chi connectivity index (χ4n) is 2.82. The van der Waals surface area contributed by atoms with Crippen molar-refractivity contribution in [3.8, 4) is 5.75 Å². The minimum atomic E-state index is -3.29. The van der Waals surface area contributed by atoms with E-state index >= 15 is 0 Å². The van der Waals surface area contributed by atoms with Gasteiger partial charge in [-0.25, -0.2) is 8.42 Å². The van der Waals surface area contributed by atoms with Crippen LogP contribution in [0.15, 0.2) is 82.1 Å². The van der Waals surface area contributed by atoms with Gasteiger partial charge >= 0.3 is 0 Å². The Labute approximate surface area is 169 Å². The van der Waals surface area contributed by atoms with E-state index in [2.05, 4.69) is 10.3 Å². The van der Waals surface area contributed by atoms with E-state index in [0.717, 1.165) is 17.0 Å². The molecule has 1 N–H and O–H groups in total. The molecule has 7 heteroatoms. The summed E-state index contributed by atoms with van der Waals surface area (Å²) in [6.45, 7) is 2.12. The van der Waals surface area contributed by atoms with Gasteiger partial charge in [-0.3, -0.25) is 0 Å². The molecule has 0 spiro atoms. The average Bonchev–Trinajstić information content (AvgIpc) is 3.15. The van der Waals surface area contributed by atoms with Crippen LogP contribution in [-0.2, 0) is 16.4 Å². The quantitative estimate of drug-likeness (QED) is 0.466. The van der Waals surface area contributed by atoms with E-state index in [1.807, 2.05) is 54.6 Å². The summed E-state index contributed by atoms with van der Waals surface area (Å²) in [6.07, 6.45) is 0. The molecule has 0 amide bonds. The van der Waals surface area contributed by atoms with Crippen LogP contribution in [0.5, 0.6) is 5.75 Å². The molecule has 0 unspecified atom stereocenters. The Morgan fingerprint density at radius 1 is 1.00 bits per heavy atom. The molecule has 0 fully saturated rings. The summed E-state index contributed by atoms with van der Waals surface area (Å²) in [5, 5.41) is 3.08. The minimum absolute atomic E-state index is 0.0418. The van der Waals surface area contributed by atoms with Crippen LogP contribution in [0.2, 0.25) is 0 Å². The summed E-state index contributed by atoms with van der Waals surface area (Å²) in [5.41, 5.74) is 2.89. The first-order chi connectivity index (χ1) is 14.0. The predicted octanol–water partition coefficient (Wildman–Crippen LogP) is 4.94. The Morgan fingerprint density at radius 3 is 2.48 bits per heavy atom. The summed E-state index contributed by atoms with van der Waals surface area (Å²) in [6, 6.07) is 22.4. The molecule has 1 heterocycles. The van der Waals surface area contributed by atoms with Crippen molar-refractivity contribution in [2.45, 2.75) is 18.4 Å². The zero-order valence-corrected chi connectivity index (χ0v) is 16.6. The Balaban J connectivity index is 1.45. The highest BCUT2D eigenvalue weighted by Crippen LogP contribution is 2.26. The van der Waals surface area contributed by atoms with Crippen molar-refractivity contribution in [2.75, 3.05) is 11.1 Å². The minimum Gasteiger partial charge on any atom is -0.489 e. The van der Waals surface area contributed by atoms with Gasteiger partial charge in [-0.15, -0.1) is 0 Å². The van der Waals surface area contributed by atoms with E-state index in [1.165, 1.54) is 12.1 Å². The molecule has 4 aromatic rings. The van der Waals surface area contributed by atoms with Crippen LogP contribution in [0.4, 0.5) is 11.7 Å². The lowest BCUT2D eigenvalue weighted by Crippen LogP contribution is -2.03. The van der Waals surface area contributed by atoms with Crippen molar-refractivity contribution in [3.05, 3.63) is 78.4 Å². The molecule has 0 radical (unpaired) electrons. The van der Waals surface area contributed by atoms with Crippen molar-refractivity contribution < 1.29 is 17.6 Å². The van der Waals surface area contributed by atoms with Crippen LogP contribution >= 0.6 is 0 Å². The van der Waals surface area contributed by atoms with Gasteiger partial charge in [-0.05, 0) is 48.0 Å². The maximum atomic E-state index is 12.0. The molecular formula is C22H20N2O4S. The molecule has 3 aromatic carbocycles. The molecule has 0 aliphatic carbocycles. The van der Waals surface area contributed by atoms with Crippen LogP contribution < -0.4 is 10.1 Å². The van der Waals surface area contributed by atoms with Crippen molar-refractivity contribution >= 4 is 32.6 Å². The van der Waals surface area contributed by atoms with E-state index < -0.39 is 9.84 Å². The first kappa shape index (κ1) is 19.0. The van der Waals surface area contributed by atoms with Crippen LogP contribution in [0.3, 0.4) is 0 Å². The van der Waals surface area contributed by atoms with Crippen LogP contribution in [0.1, 0.15) is 12.5 Å². The maximum absolute atomic E-state index is 12.0. The fraction of sp³-hybridized carbons (Fsp3) is 0.136. The third-order valence-corrected chi connectivity index (χ3v) is 6.18. The Hall–Kier alpha value is -3.32. The first-order valence-electron chi connectivity index (χ1n) is 9.21. The number of nitrogens with one attached hydrogen (secondary N) is 1. The van der Waals surface area contributed by atoms with E-state index in [1.54, 1.807) is 13.0 Å². The van der Waals surface area contributed by atoms with Gasteiger partial charge in [0.05, 0.1) is 10.6 Å².